The summed E-state index contributed by atoms with van der Waals surface area (Å²) in [5.41, 5.74) is 4.90. The van der Waals surface area contributed by atoms with Crippen LogP contribution in [-0.4, -0.2) is 24.1 Å². The van der Waals surface area contributed by atoms with E-state index in [1.807, 2.05) is 0 Å². The zero-order chi connectivity index (χ0) is 10.9. The first-order valence-electron chi connectivity index (χ1n) is 4.29. The second-order valence-electron chi connectivity index (χ2n) is 3.35. The fourth-order valence-corrected chi connectivity index (χ4v) is 1.16. The van der Waals surface area contributed by atoms with Crippen LogP contribution >= 0.6 is 0 Å². The first kappa shape index (κ1) is 10.6. The normalized spacial score (nSPS) is 31.0. The molecule has 2 N–H and O–H groups in total. The van der Waals surface area contributed by atoms with Gasteiger partial charge in [-0.15, -0.1) is 0 Å². The number of nitrogens with two attached hydrogens (primary N) is 1. The Morgan fingerprint density at radius 1 is 1.57 bits per heavy atom. The number of carbonyl (C=O) groups is 2. The maximum absolute atomic E-state index is 11.2. The van der Waals surface area contributed by atoms with Gasteiger partial charge in [-0.25, -0.2) is 9.59 Å². The van der Waals surface area contributed by atoms with Gasteiger partial charge in [0.15, 0.2) is 0 Å². The molecule has 0 amide bonds. The van der Waals surface area contributed by atoms with E-state index in [-0.39, 0.29) is 17.7 Å². The molecule has 0 bridgehead atoms. The summed E-state index contributed by atoms with van der Waals surface area (Å²) in [6.07, 6.45) is -1.11. The number of esters is 2. The number of cyclic esters (lactones) is 1. The molecule has 1 heterocycles. The molecule has 5 heteroatoms. The molecule has 1 aliphatic rings. The molecule has 0 radical (unpaired) electrons. The fraction of sp³-hybridized carbons (Fsp3) is 0.556. The van der Waals surface area contributed by atoms with Gasteiger partial charge in [-0.3, -0.25) is 0 Å². The molecule has 0 spiro atoms. The van der Waals surface area contributed by atoms with Crippen LogP contribution in [-0.2, 0) is 19.1 Å². The smallest absolute Gasteiger partial charge is 0.354 e. The van der Waals surface area contributed by atoms with Crippen LogP contribution in [0.5, 0.6) is 0 Å². The van der Waals surface area contributed by atoms with Gasteiger partial charge in [0, 0.05) is 5.92 Å². The maximum atomic E-state index is 11.2. The van der Waals surface area contributed by atoms with Gasteiger partial charge in [-0.1, -0.05) is 13.5 Å². The van der Waals surface area contributed by atoms with Crippen molar-refractivity contribution in [3.63, 3.8) is 0 Å². The summed E-state index contributed by atoms with van der Waals surface area (Å²) in [6, 6.07) is 0. The summed E-state index contributed by atoms with van der Waals surface area (Å²) in [4.78, 5) is 22.2. The second-order valence-corrected chi connectivity index (χ2v) is 3.35. The maximum Gasteiger partial charge on any atom is 0.354 e. The average Bonchev–Trinajstić information content (AvgIpc) is 2.32. The quantitative estimate of drug-likeness (QED) is 0.498. The highest BCUT2D eigenvalue weighted by Crippen LogP contribution is 2.24. The van der Waals surface area contributed by atoms with Crippen LogP contribution in [0.2, 0.25) is 0 Å². The molecule has 1 rings (SSSR count). The van der Waals surface area contributed by atoms with Gasteiger partial charge in [-0.2, -0.15) is 0 Å². The highest BCUT2D eigenvalue weighted by Gasteiger charge is 2.42. The van der Waals surface area contributed by atoms with Crippen LogP contribution in [0, 0.1) is 5.92 Å². The van der Waals surface area contributed by atoms with Crippen molar-refractivity contribution in [3.8, 4) is 0 Å². The number of hydrogen-bond donors (Lipinski definition) is 1. The summed E-state index contributed by atoms with van der Waals surface area (Å²) in [5, 5.41) is 0. The van der Waals surface area contributed by atoms with E-state index in [9.17, 15) is 9.59 Å². The Balaban J connectivity index is 2.65. The SMILES string of the molecule is C=C(N)C(=O)OC1C(=O)OC(C)C1C. The zero-order valence-corrected chi connectivity index (χ0v) is 8.15. The summed E-state index contributed by atoms with van der Waals surface area (Å²) in [7, 11) is 0. The first-order chi connectivity index (χ1) is 6.43. The van der Waals surface area contributed by atoms with Gasteiger partial charge in [0.2, 0.25) is 6.10 Å². The molecule has 0 aliphatic carbocycles. The van der Waals surface area contributed by atoms with Crippen LogP contribution in [0.1, 0.15) is 13.8 Å². The van der Waals surface area contributed by atoms with Crippen LogP contribution in [0.3, 0.4) is 0 Å². The van der Waals surface area contributed by atoms with E-state index >= 15 is 0 Å². The Morgan fingerprint density at radius 3 is 2.50 bits per heavy atom. The molecule has 5 nitrogen and oxygen atoms in total. The molecular formula is C9H13NO4. The molecule has 0 aromatic heterocycles. The van der Waals surface area contributed by atoms with Gasteiger partial charge in [-0.05, 0) is 6.92 Å². The lowest BCUT2D eigenvalue weighted by Gasteiger charge is -2.13. The van der Waals surface area contributed by atoms with Gasteiger partial charge < -0.3 is 15.2 Å². The van der Waals surface area contributed by atoms with Crippen LogP contribution < -0.4 is 5.73 Å². The molecule has 1 aliphatic heterocycles. The molecule has 1 fully saturated rings. The zero-order valence-electron chi connectivity index (χ0n) is 8.15. The molecule has 1 saturated heterocycles. The number of rotatable bonds is 2. The van der Waals surface area contributed by atoms with Gasteiger partial charge >= 0.3 is 11.9 Å². The molecule has 78 valence electrons. The second kappa shape index (κ2) is 3.69. The Hall–Kier alpha value is -1.52. The minimum Gasteiger partial charge on any atom is -0.459 e. The van der Waals surface area contributed by atoms with Crippen molar-refractivity contribution in [2.24, 2.45) is 11.7 Å². The third kappa shape index (κ3) is 1.86. The van der Waals surface area contributed by atoms with Crippen molar-refractivity contribution in [2.45, 2.75) is 26.1 Å². The average molecular weight is 199 g/mol. The number of carbonyl (C=O) groups excluding carboxylic acids is 2. The van der Waals surface area contributed by atoms with Crippen molar-refractivity contribution in [3.05, 3.63) is 12.3 Å². The molecule has 3 unspecified atom stereocenters. The summed E-state index contributed by atoms with van der Waals surface area (Å²) < 4.78 is 9.71. The Kier molecular flexibility index (Phi) is 2.78. The third-order valence-corrected chi connectivity index (χ3v) is 2.25. The fourth-order valence-electron chi connectivity index (χ4n) is 1.16. The van der Waals surface area contributed by atoms with E-state index in [0.717, 1.165) is 0 Å². The highest BCUT2D eigenvalue weighted by molar-refractivity contribution is 5.89. The van der Waals surface area contributed by atoms with Crippen LogP contribution in [0.15, 0.2) is 12.3 Å². The van der Waals surface area contributed by atoms with E-state index in [1.165, 1.54) is 0 Å². The molecule has 3 atom stereocenters. The van der Waals surface area contributed by atoms with Crippen LogP contribution in [0.25, 0.3) is 0 Å². The number of hydrogen-bond acceptors (Lipinski definition) is 5. The van der Waals surface area contributed by atoms with Gasteiger partial charge in [0.05, 0.1) is 0 Å². The number of ether oxygens (including phenoxy) is 2. The minimum absolute atomic E-state index is 0.161. The summed E-state index contributed by atoms with van der Waals surface area (Å²) >= 11 is 0. The lowest BCUT2D eigenvalue weighted by Crippen LogP contribution is -2.30. The van der Waals surface area contributed by atoms with E-state index in [0.29, 0.717) is 0 Å². The Labute approximate surface area is 81.9 Å². The monoisotopic (exact) mass is 199 g/mol. The largest absolute Gasteiger partial charge is 0.459 e. The van der Waals surface area contributed by atoms with Crippen LogP contribution in [0.4, 0.5) is 0 Å². The highest BCUT2D eigenvalue weighted by atomic mass is 16.6. The Bertz CT molecular complexity index is 287. The predicted octanol–water partition coefficient (Wildman–Crippen LogP) is -0.0480. The lowest BCUT2D eigenvalue weighted by molar-refractivity contribution is -0.159. The lowest BCUT2D eigenvalue weighted by atomic mass is 10.0. The summed E-state index contributed by atoms with van der Waals surface area (Å²) in [6.45, 7) is 6.73. The molecule has 14 heavy (non-hydrogen) atoms. The van der Waals surface area contributed by atoms with Crippen molar-refractivity contribution < 1.29 is 19.1 Å². The first-order valence-corrected chi connectivity index (χ1v) is 4.29. The molecule has 0 saturated carbocycles. The van der Waals surface area contributed by atoms with Gasteiger partial charge in [0.1, 0.15) is 11.8 Å². The van der Waals surface area contributed by atoms with Crippen molar-refractivity contribution in [1.29, 1.82) is 0 Å². The van der Waals surface area contributed by atoms with E-state index in [1.54, 1.807) is 13.8 Å². The van der Waals surface area contributed by atoms with E-state index < -0.39 is 18.0 Å². The minimum atomic E-state index is -0.863. The predicted molar refractivity (Wildman–Crippen MR) is 47.9 cm³/mol. The Morgan fingerprint density at radius 2 is 2.14 bits per heavy atom. The molecule has 0 aromatic carbocycles. The molecular weight excluding hydrogens is 186 g/mol. The topological polar surface area (TPSA) is 78.6 Å². The van der Waals surface area contributed by atoms with Gasteiger partial charge in [0.25, 0.3) is 0 Å². The van der Waals surface area contributed by atoms with E-state index in [2.05, 4.69) is 6.58 Å². The van der Waals surface area contributed by atoms with Crippen molar-refractivity contribution >= 4 is 11.9 Å². The van der Waals surface area contributed by atoms with Crippen molar-refractivity contribution in [2.75, 3.05) is 0 Å². The standard InChI is InChI=1S/C9H13NO4/c1-4-6(3)13-9(12)7(4)14-8(11)5(2)10/h4,6-7H,2,10H2,1,3H3. The summed E-state index contributed by atoms with van der Waals surface area (Å²) in [5.74, 6) is -1.46. The third-order valence-electron chi connectivity index (χ3n) is 2.25. The van der Waals surface area contributed by atoms with Crippen molar-refractivity contribution in [1.82, 2.24) is 0 Å². The van der Waals surface area contributed by atoms with E-state index in [4.69, 9.17) is 15.2 Å². The molecule has 0 aromatic rings.